The third kappa shape index (κ3) is 2.15. The van der Waals surface area contributed by atoms with Crippen LogP contribution in [0.4, 0.5) is 0 Å². The van der Waals surface area contributed by atoms with Gasteiger partial charge in [0, 0.05) is 13.1 Å². The van der Waals surface area contributed by atoms with E-state index in [4.69, 9.17) is 0 Å². The van der Waals surface area contributed by atoms with Crippen molar-refractivity contribution in [3.8, 4) is 0 Å². The molecule has 4 nitrogen and oxygen atoms in total. The van der Waals surface area contributed by atoms with Crippen LogP contribution in [0.2, 0.25) is 0 Å². The summed E-state index contributed by atoms with van der Waals surface area (Å²) in [6.07, 6.45) is 1.90. The summed E-state index contributed by atoms with van der Waals surface area (Å²) in [6, 6.07) is 0. The minimum absolute atomic E-state index is 0.221. The molecule has 0 bridgehead atoms. The zero-order valence-corrected chi connectivity index (χ0v) is 7.43. The highest BCUT2D eigenvalue weighted by Crippen LogP contribution is 2.13. The van der Waals surface area contributed by atoms with Gasteiger partial charge in [-0.15, -0.1) is 0 Å². The van der Waals surface area contributed by atoms with Gasteiger partial charge in [-0.05, 0) is 19.8 Å². The second-order valence-corrected chi connectivity index (χ2v) is 4.08. The molecule has 0 spiro atoms. The van der Waals surface area contributed by atoms with Gasteiger partial charge in [-0.25, -0.2) is 0 Å². The Labute approximate surface area is 67.4 Å². The summed E-state index contributed by atoms with van der Waals surface area (Å²) >= 11 is 0. The van der Waals surface area contributed by atoms with Crippen molar-refractivity contribution in [3.05, 3.63) is 0 Å². The van der Waals surface area contributed by atoms with E-state index < -0.39 is 10.3 Å². The van der Waals surface area contributed by atoms with Crippen molar-refractivity contribution in [2.45, 2.75) is 19.8 Å². The van der Waals surface area contributed by atoms with Crippen LogP contribution in [0.5, 0.6) is 0 Å². The molecule has 0 radical (unpaired) electrons. The SMILES string of the molecule is CCOS(=O)(=O)N1CCCC1. The van der Waals surface area contributed by atoms with Crippen LogP contribution in [0.3, 0.4) is 0 Å². The third-order valence-electron chi connectivity index (χ3n) is 1.65. The first kappa shape index (κ1) is 8.96. The summed E-state index contributed by atoms with van der Waals surface area (Å²) in [5, 5.41) is 0. The standard InChI is InChI=1S/C6H13NO3S/c1-2-10-11(8,9)7-5-3-4-6-7/h2-6H2,1H3. The quantitative estimate of drug-likeness (QED) is 0.628. The summed E-state index contributed by atoms with van der Waals surface area (Å²) in [4.78, 5) is 0. The summed E-state index contributed by atoms with van der Waals surface area (Å²) in [6.45, 7) is 3.12. The third-order valence-corrected chi connectivity index (χ3v) is 3.18. The molecule has 0 unspecified atom stereocenters. The van der Waals surface area contributed by atoms with E-state index in [1.54, 1.807) is 6.92 Å². The van der Waals surface area contributed by atoms with E-state index in [1.807, 2.05) is 0 Å². The topological polar surface area (TPSA) is 46.6 Å². The van der Waals surface area contributed by atoms with Gasteiger partial charge >= 0.3 is 10.3 Å². The van der Waals surface area contributed by atoms with Crippen LogP contribution < -0.4 is 0 Å². The maximum atomic E-state index is 11.1. The predicted molar refractivity (Wildman–Crippen MR) is 41.4 cm³/mol. The van der Waals surface area contributed by atoms with Crippen molar-refractivity contribution in [2.24, 2.45) is 0 Å². The molecule has 1 fully saturated rings. The van der Waals surface area contributed by atoms with E-state index in [2.05, 4.69) is 4.18 Å². The zero-order valence-electron chi connectivity index (χ0n) is 6.62. The molecular formula is C6H13NO3S. The fourth-order valence-corrected chi connectivity index (χ4v) is 2.29. The normalized spacial score (nSPS) is 20.8. The molecule has 0 aromatic heterocycles. The number of hydrogen-bond acceptors (Lipinski definition) is 3. The molecule has 0 atom stereocenters. The Morgan fingerprint density at radius 3 is 2.36 bits per heavy atom. The number of rotatable bonds is 3. The van der Waals surface area contributed by atoms with Crippen molar-refractivity contribution in [2.75, 3.05) is 19.7 Å². The summed E-state index contributed by atoms with van der Waals surface area (Å²) in [5.74, 6) is 0. The summed E-state index contributed by atoms with van der Waals surface area (Å²) < 4.78 is 28.3. The van der Waals surface area contributed by atoms with E-state index in [0.29, 0.717) is 13.1 Å². The van der Waals surface area contributed by atoms with Gasteiger partial charge in [0.05, 0.1) is 6.61 Å². The maximum absolute atomic E-state index is 11.1. The van der Waals surface area contributed by atoms with Crippen LogP contribution in [-0.2, 0) is 14.5 Å². The van der Waals surface area contributed by atoms with Gasteiger partial charge in [0.2, 0.25) is 0 Å². The van der Waals surface area contributed by atoms with Gasteiger partial charge in [0.15, 0.2) is 0 Å². The molecule has 0 amide bonds. The van der Waals surface area contributed by atoms with Gasteiger partial charge in [-0.2, -0.15) is 12.7 Å². The first-order chi connectivity index (χ1) is 5.17. The number of nitrogens with zero attached hydrogens (tertiary/aromatic N) is 1. The zero-order chi connectivity index (χ0) is 8.32. The Hall–Kier alpha value is -0.130. The molecule has 1 aliphatic heterocycles. The first-order valence-corrected chi connectivity index (χ1v) is 5.18. The van der Waals surface area contributed by atoms with Crippen molar-refractivity contribution < 1.29 is 12.6 Å². The lowest BCUT2D eigenvalue weighted by Crippen LogP contribution is -2.29. The molecule has 5 heteroatoms. The summed E-state index contributed by atoms with van der Waals surface area (Å²) in [5.41, 5.74) is 0. The van der Waals surface area contributed by atoms with Crippen molar-refractivity contribution >= 4 is 10.3 Å². The maximum Gasteiger partial charge on any atom is 0.338 e. The molecule has 1 rings (SSSR count). The van der Waals surface area contributed by atoms with Gasteiger partial charge in [0.25, 0.3) is 0 Å². The monoisotopic (exact) mass is 179 g/mol. The Kier molecular flexibility index (Phi) is 2.86. The highest BCUT2D eigenvalue weighted by molar-refractivity contribution is 7.84. The smallest absolute Gasteiger partial charge is 0.258 e. The fourth-order valence-electron chi connectivity index (χ4n) is 1.14. The average Bonchev–Trinajstić information content (AvgIpc) is 2.37. The molecule has 0 aliphatic carbocycles. The second-order valence-electron chi connectivity index (χ2n) is 2.47. The Morgan fingerprint density at radius 2 is 1.91 bits per heavy atom. The minimum atomic E-state index is -3.38. The van der Waals surface area contributed by atoms with Gasteiger partial charge in [0.1, 0.15) is 0 Å². The van der Waals surface area contributed by atoms with Gasteiger partial charge < -0.3 is 0 Å². The number of hydrogen-bond donors (Lipinski definition) is 0. The molecule has 11 heavy (non-hydrogen) atoms. The molecule has 0 aromatic rings. The van der Waals surface area contributed by atoms with E-state index in [1.165, 1.54) is 4.31 Å². The van der Waals surface area contributed by atoms with E-state index >= 15 is 0 Å². The lowest BCUT2D eigenvalue weighted by atomic mass is 10.4. The van der Waals surface area contributed by atoms with Crippen LogP contribution in [0.15, 0.2) is 0 Å². The molecule has 0 aromatic carbocycles. The highest BCUT2D eigenvalue weighted by Gasteiger charge is 2.25. The van der Waals surface area contributed by atoms with Crippen LogP contribution in [-0.4, -0.2) is 32.4 Å². The Morgan fingerprint density at radius 1 is 1.36 bits per heavy atom. The van der Waals surface area contributed by atoms with Crippen LogP contribution in [0.25, 0.3) is 0 Å². The Balaban J connectivity index is 2.56. The second kappa shape index (κ2) is 3.51. The molecule has 66 valence electrons. The van der Waals surface area contributed by atoms with Crippen LogP contribution in [0, 0.1) is 0 Å². The average molecular weight is 179 g/mol. The van der Waals surface area contributed by atoms with E-state index in [9.17, 15) is 8.42 Å². The molecular weight excluding hydrogens is 166 g/mol. The molecule has 1 aliphatic rings. The lowest BCUT2D eigenvalue weighted by molar-refractivity contribution is 0.294. The summed E-state index contributed by atoms with van der Waals surface area (Å²) in [7, 11) is -3.38. The minimum Gasteiger partial charge on any atom is -0.258 e. The molecule has 0 N–H and O–H groups in total. The highest BCUT2D eigenvalue weighted by atomic mass is 32.2. The van der Waals surface area contributed by atoms with E-state index in [0.717, 1.165) is 12.8 Å². The largest absolute Gasteiger partial charge is 0.338 e. The van der Waals surface area contributed by atoms with Gasteiger partial charge in [-0.1, -0.05) is 0 Å². The predicted octanol–water partition coefficient (Wildman–Crippen LogP) is 0.363. The lowest BCUT2D eigenvalue weighted by Gasteiger charge is -2.13. The fraction of sp³-hybridized carbons (Fsp3) is 1.00. The van der Waals surface area contributed by atoms with Gasteiger partial charge in [-0.3, -0.25) is 4.18 Å². The molecule has 0 saturated carbocycles. The van der Waals surface area contributed by atoms with Crippen LogP contribution >= 0.6 is 0 Å². The van der Waals surface area contributed by atoms with Crippen molar-refractivity contribution in [1.29, 1.82) is 0 Å². The van der Waals surface area contributed by atoms with Crippen molar-refractivity contribution in [1.82, 2.24) is 4.31 Å². The van der Waals surface area contributed by atoms with Crippen LogP contribution in [0.1, 0.15) is 19.8 Å². The molecule has 1 saturated heterocycles. The molecule has 1 heterocycles. The Bertz CT molecular complexity index is 206. The van der Waals surface area contributed by atoms with E-state index in [-0.39, 0.29) is 6.61 Å². The first-order valence-electron chi connectivity index (χ1n) is 3.81. The van der Waals surface area contributed by atoms with Crippen molar-refractivity contribution in [3.63, 3.8) is 0 Å².